The van der Waals surface area contributed by atoms with E-state index >= 15 is 0 Å². The second-order valence-electron chi connectivity index (χ2n) is 4.40. The maximum absolute atomic E-state index is 12.8. The first-order valence-corrected chi connectivity index (χ1v) is 7.76. The average Bonchev–Trinajstić information content (AvgIpc) is 2.46. The highest BCUT2D eigenvalue weighted by Gasteiger charge is 2.38. The third-order valence-electron chi connectivity index (χ3n) is 2.98. The van der Waals surface area contributed by atoms with E-state index in [1.54, 1.807) is 18.7 Å². The number of benzene rings is 1. The van der Waals surface area contributed by atoms with Crippen LogP contribution in [0.3, 0.4) is 0 Å². The number of thioether (sulfide) groups is 1. The van der Waals surface area contributed by atoms with Crippen molar-refractivity contribution in [3.05, 3.63) is 37.9 Å². The Labute approximate surface area is 144 Å². The van der Waals surface area contributed by atoms with E-state index in [0.29, 0.717) is 24.9 Å². The van der Waals surface area contributed by atoms with Crippen molar-refractivity contribution in [1.82, 2.24) is 4.90 Å². The van der Waals surface area contributed by atoms with Gasteiger partial charge in [-0.1, -0.05) is 12.2 Å². The Morgan fingerprint density at radius 3 is 1.88 bits per heavy atom. The lowest BCUT2D eigenvalue weighted by molar-refractivity contribution is -0.400. The molecule has 0 aliphatic heterocycles. The summed E-state index contributed by atoms with van der Waals surface area (Å²) in [6, 6.07) is 0.556. The Kier molecular flexibility index (Phi) is 6.49. The van der Waals surface area contributed by atoms with Crippen LogP contribution in [-0.4, -0.2) is 32.2 Å². The molecule has 0 saturated heterocycles. The number of hydrogen-bond donors (Lipinski definition) is 0. The molecule has 0 radical (unpaired) electrons. The molecule has 0 fully saturated rings. The van der Waals surface area contributed by atoms with Crippen LogP contribution < -0.4 is 0 Å². The molecule has 0 aliphatic carbocycles. The third-order valence-corrected chi connectivity index (χ3v) is 4.54. The summed E-state index contributed by atoms with van der Waals surface area (Å²) in [5.74, 6) is 0. The summed E-state index contributed by atoms with van der Waals surface area (Å²) in [5, 5.41) is 22.2. The SMILES string of the molecule is CCN(CC)C(=S)Sc1c([N+](=O)[O-])cc(C(F)(F)F)cc1[N+](=O)[O-]. The second kappa shape index (κ2) is 7.75. The van der Waals surface area contributed by atoms with Gasteiger partial charge in [0.2, 0.25) is 0 Å². The summed E-state index contributed by atoms with van der Waals surface area (Å²) in [4.78, 5) is 21.1. The van der Waals surface area contributed by atoms with Crippen LogP contribution in [0.5, 0.6) is 0 Å². The molecule has 0 bridgehead atoms. The first kappa shape index (κ1) is 20.1. The van der Waals surface area contributed by atoms with Crippen molar-refractivity contribution in [2.24, 2.45) is 0 Å². The van der Waals surface area contributed by atoms with Gasteiger partial charge < -0.3 is 4.90 Å². The van der Waals surface area contributed by atoms with Gasteiger partial charge >= 0.3 is 6.18 Å². The predicted octanol–water partition coefficient (Wildman–Crippen LogP) is 4.24. The number of nitro groups is 2. The summed E-state index contributed by atoms with van der Waals surface area (Å²) >= 11 is 5.61. The van der Waals surface area contributed by atoms with Gasteiger partial charge in [-0.3, -0.25) is 20.2 Å². The van der Waals surface area contributed by atoms with Crippen molar-refractivity contribution >= 4 is 39.7 Å². The van der Waals surface area contributed by atoms with E-state index in [9.17, 15) is 33.4 Å². The highest BCUT2D eigenvalue weighted by Crippen LogP contribution is 2.43. The lowest BCUT2D eigenvalue weighted by atomic mass is 10.1. The molecule has 1 rings (SSSR count). The second-order valence-corrected chi connectivity index (χ2v) is 6.04. The summed E-state index contributed by atoms with van der Waals surface area (Å²) in [5.41, 5.74) is -3.47. The van der Waals surface area contributed by atoms with Crippen LogP contribution in [0.25, 0.3) is 0 Å². The number of rotatable bonds is 5. The first-order valence-electron chi connectivity index (χ1n) is 6.53. The Bertz CT molecular complexity index is 643. The summed E-state index contributed by atoms with van der Waals surface area (Å²) < 4.78 is 38.6. The highest BCUT2D eigenvalue weighted by atomic mass is 32.2. The highest BCUT2D eigenvalue weighted by molar-refractivity contribution is 8.23. The van der Waals surface area contributed by atoms with Crippen molar-refractivity contribution in [2.45, 2.75) is 24.9 Å². The quantitative estimate of drug-likeness (QED) is 0.325. The van der Waals surface area contributed by atoms with E-state index in [1.165, 1.54) is 0 Å². The van der Waals surface area contributed by atoms with E-state index in [-0.39, 0.29) is 16.5 Å². The van der Waals surface area contributed by atoms with Gasteiger partial charge in [-0.2, -0.15) is 13.2 Å². The molecule has 0 aliphatic rings. The Hall–Kier alpha value is -1.95. The topological polar surface area (TPSA) is 89.5 Å². The lowest BCUT2D eigenvalue weighted by Crippen LogP contribution is -2.26. The molecular formula is C12H12F3N3O4S2. The molecule has 1 aromatic carbocycles. The minimum absolute atomic E-state index is 0.103. The van der Waals surface area contributed by atoms with Crippen molar-refractivity contribution in [1.29, 1.82) is 0 Å². The molecule has 7 nitrogen and oxygen atoms in total. The normalized spacial score (nSPS) is 11.2. The smallest absolute Gasteiger partial charge is 0.358 e. The first-order chi connectivity index (χ1) is 11.0. The molecule has 0 saturated carbocycles. The fraction of sp³-hybridized carbons (Fsp3) is 0.417. The van der Waals surface area contributed by atoms with Gasteiger partial charge in [0.25, 0.3) is 11.4 Å². The summed E-state index contributed by atoms with van der Waals surface area (Å²) in [7, 11) is 0. The number of thiocarbonyl (C=S) groups is 1. The van der Waals surface area contributed by atoms with Crippen molar-refractivity contribution in [3.8, 4) is 0 Å². The standard InChI is InChI=1S/C12H12F3N3O4S2/c1-3-16(4-2)11(23)24-10-8(17(19)20)5-7(12(13,14)15)6-9(10)18(21)22/h5-6H,3-4H2,1-2H3. The van der Waals surface area contributed by atoms with Gasteiger partial charge in [-0.15, -0.1) is 0 Å². The van der Waals surface area contributed by atoms with E-state index in [2.05, 4.69) is 0 Å². The molecule has 0 amide bonds. The monoisotopic (exact) mass is 383 g/mol. The molecule has 0 unspecified atom stereocenters. The van der Waals surface area contributed by atoms with E-state index in [0.717, 1.165) is 0 Å². The Morgan fingerprint density at radius 2 is 1.58 bits per heavy atom. The Morgan fingerprint density at radius 1 is 1.17 bits per heavy atom. The van der Waals surface area contributed by atoms with Gasteiger partial charge in [-0.05, 0) is 25.6 Å². The van der Waals surface area contributed by atoms with Crippen LogP contribution in [0, 0.1) is 20.2 Å². The van der Waals surface area contributed by atoms with Crippen molar-refractivity contribution in [2.75, 3.05) is 13.1 Å². The number of halogens is 3. The van der Waals surface area contributed by atoms with E-state index in [1.807, 2.05) is 0 Å². The Balaban J connectivity index is 3.54. The van der Waals surface area contributed by atoms with Gasteiger partial charge in [0.1, 0.15) is 4.32 Å². The van der Waals surface area contributed by atoms with Crippen molar-refractivity contribution < 1.29 is 23.0 Å². The zero-order valence-electron chi connectivity index (χ0n) is 12.5. The maximum Gasteiger partial charge on any atom is 0.416 e. The number of hydrogen-bond acceptors (Lipinski definition) is 6. The predicted molar refractivity (Wildman–Crippen MR) is 86.1 cm³/mol. The van der Waals surface area contributed by atoms with Crippen LogP contribution >= 0.6 is 24.0 Å². The largest absolute Gasteiger partial charge is 0.416 e. The van der Waals surface area contributed by atoms with Crippen molar-refractivity contribution in [3.63, 3.8) is 0 Å². The minimum atomic E-state index is -4.95. The number of nitro benzene ring substituents is 2. The van der Waals surface area contributed by atoms with Crippen LogP contribution in [0.1, 0.15) is 19.4 Å². The molecule has 1 aromatic rings. The van der Waals surface area contributed by atoms with E-state index < -0.39 is 37.9 Å². The molecule has 0 spiro atoms. The number of nitrogens with zero attached hydrogens (tertiary/aromatic N) is 3. The molecule has 0 N–H and O–H groups in total. The van der Waals surface area contributed by atoms with Crippen LogP contribution in [-0.2, 0) is 6.18 Å². The van der Waals surface area contributed by atoms with Gasteiger partial charge in [0.15, 0.2) is 4.90 Å². The van der Waals surface area contributed by atoms with Crippen LogP contribution in [0.4, 0.5) is 24.5 Å². The zero-order valence-corrected chi connectivity index (χ0v) is 14.1. The minimum Gasteiger partial charge on any atom is -0.358 e. The van der Waals surface area contributed by atoms with Gasteiger partial charge in [0.05, 0.1) is 15.4 Å². The lowest BCUT2D eigenvalue weighted by Gasteiger charge is -2.20. The molecule has 0 heterocycles. The number of alkyl halides is 3. The third kappa shape index (κ3) is 4.54. The fourth-order valence-corrected chi connectivity index (χ4v) is 3.32. The van der Waals surface area contributed by atoms with E-state index in [4.69, 9.17) is 12.2 Å². The average molecular weight is 383 g/mol. The maximum atomic E-state index is 12.8. The van der Waals surface area contributed by atoms with Gasteiger partial charge in [0, 0.05) is 25.2 Å². The molecule has 12 heteroatoms. The molecule has 24 heavy (non-hydrogen) atoms. The molecule has 0 aromatic heterocycles. The van der Waals surface area contributed by atoms with Gasteiger partial charge in [-0.25, -0.2) is 0 Å². The fourth-order valence-electron chi connectivity index (χ4n) is 1.77. The zero-order chi connectivity index (χ0) is 18.7. The summed E-state index contributed by atoms with van der Waals surface area (Å²) in [6.07, 6.45) is -4.95. The molecular weight excluding hydrogens is 371 g/mol. The summed E-state index contributed by atoms with van der Waals surface area (Å²) in [6.45, 7) is 4.41. The molecule has 132 valence electrons. The molecule has 0 atom stereocenters. The van der Waals surface area contributed by atoms with Crippen LogP contribution in [0.15, 0.2) is 17.0 Å². The van der Waals surface area contributed by atoms with Crippen LogP contribution in [0.2, 0.25) is 0 Å².